The number of thiophene rings is 1. The summed E-state index contributed by atoms with van der Waals surface area (Å²) in [5, 5.41) is 6.85. The second kappa shape index (κ2) is 6.75. The molecule has 2 aromatic rings. The summed E-state index contributed by atoms with van der Waals surface area (Å²) in [6, 6.07) is 12.0. The lowest BCUT2D eigenvalue weighted by Gasteiger charge is -2.16. The topological polar surface area (TPSA) is 49.4 Å². The molecule has 1 aromatic carbocycles. The molecule has 1 aliphatic rings. The van der Waals surface area contributed by atoms with Crippen LogP contribution >= 0.6 is 11.3 Å². The molecule has 2 amide bonds. The standard InChI is InChI=1S/C17H18N2O2S/c20-16(18-9-13-6-7-22-12-13)11-19-10-15(8-17(19)21)14-4-2-1-3-5-14/h1-7,12,15H,8-11H2,(H,18,20). The predicted octanol–water partition coefficient (Wildman–Crippen LogP) is 2.38. The Morgan fingerprint density at radius 1 is 1.27 bits per heavy atom. The number of carbonyl (C=O) groups excluding carboxylic acids is 2. The van der Waals surface area contributed by atoms with Crippen LogP contribution in [0.15, 0.2) is 47.2 Å². The van der Waals surface area contributed by atoms with Gasteiger partial charge in [-0.15, -0.1) is 0 Å². The fraction of sp³-hybridized carbons (Fsp3) is 0.294. The van der Waals surface area contributed by atoms with Gasteiger partial charge in [-0.05, 0) is 28.0 Å². The molecular weight excluding hydrogens is 296 g/mol. The van der Waals surface area contributed by atoms with Gasteiger partial charge in [-0.2, -0.15) is 11.3 Å². The number of nitrogens with one attached hydrogen (secondary N) is 1. The molecule has 5 heteroatoms. The van der Waals surface area contributed by atoms with E-state index in [0.717, 1.165) is 11.1 Å². The van der Waals surface area contributed by atoms with Crippen molar-refractivity contribution in [2.75, 3.05) is 13.1 Å². The molecule has 1 aliphatic heterocycles. The first-order valence-corrected chi connectivity index (χ1v) is 8.27. The zero-order valence-corrected chi connectivity index (χ0v) is 13.0. The van der Waals surface area contributed by atoms with Crippen molar-refractivity contribution < 1.29 is 9.59 Å². The summed E-state index contributed by atoms with van der Waals surface area (Å²) in [5.41, 5.74) is 2.25. The van der Waals surface area contributed by atoms with Crippen LogP contribution in [0.4, 0.5) is 0 Å². The molecule has 22 heavy (non-hydrogen) atoms. The van der Waals surface area contributed by atoms with Crippen molar-refractivity contribution in [2.45, 2.75) is 18.9 Å². The zero-order valence-electron chi connectivity index (χ0n) is 12.2. The fourth-order valence-electron chi connectivity index (χ4n) is 2.70. The molecule has 114 valence electrons. The molecule has 1 saturated heterocycles. The van der Waals surface area contributed by atoms with E-state index in [2.05, 4.69) is 5.32 Å². The summed E-state index contributed by atoms with van der Waals surface area (Å²) in [4.78, 5) is 25.7. The summed E-state index contributed by atoms with van der Waals surface area (Å²) >= 11 is 1.61. The van der Waals surface area contributed by atoms with Crippen molar-refractivity contribution in [3.05, 3.63) is 58.3 Å². The number of carbonyl (C=O) groups is 2. The molecule has 0 spiro atoms. The van der Waals surface area contributed by atoms with Gasteiger partial charge in [-0.3, -0.25) is 9.59 Å². The van der Waals surface area contributed by atoms with E-state index in [1.165, 1.54) is 0 Å². The number of amides is 2. The van der Waals surface area contributed by atoms with E-state index in [1.807, 2.05) is 47.2 Å². The Labute approximate surface area is 133 Å². The average molecular weight is 314 g/mol. The quantitative estimate of drug-likeness (QED) is 0.921. The van der Waals surface area contributed by atoms with Gasteiger partial charge in [0.1, 0.15) is 0 Å². The molecule has 1 atom stereocenters. The van der Waals surface area contributed by atoms with Crippen molar-refractivity contribution in [2.24, 2.45) is 0 Å². The lowest BCUT2D eigenvalue weighted by Crippen LogP contribution is -2.37. The van der Waals surface area contributed by atoms with Gasteiger partial charge in [0.15, 0.2) is 0 Å². The number of hydrogen-bond acceptors (Lipinski definition) is 3. The summed E-state index contributed by atoms with van der Waals surface area (Å²) in [6.07, 6.45) is 0.488. The Hall–Kier alpha value is -2.14. The Balaban J connectivity index is 1.52. The van der Waals surface area contributed by atoms with Crippen LogP contribution in [0.5, 0.6) is 0 Å². The van der Waals surface area contributed by atoms with Crippen molar-refractivity contribution in [1.29, 1.82) is 0 Å². The summed E-state index contributed by atoms with van der Waals surface area (Å²) < 4.78 is 0. The molecule has 1 unspecified atom stereocenters. The van der Waals surface area contributed by atoms with Crippen LogP contribution in [0.1, 0.15) is 23.5 Å². The third kappa shape index (κ3) is 3.54. The van der Waals surface area contributed by atoms with Crippen LogP contribution in [0.25, 0.3) is 0 Å². The van der Waals surface area contributed by atoms with Gasteiger partial charge >= 0.3 is 0 Å². The van der Waals surface area contributed by atoms with E-state index in [1.54, 1.807) is 16.2 Å². The Morgan fingerprint density at radius 2 is 2.09 bits per heavy atom. The first-order valence-electron chi connectivity index (χ1n) is 7.33. The summed E-state index contributed by atoms with van der Waals surface area (Å²) in [5.74, 6) is 0.145. The zero-order chi connectivity index (χ0) is 15.4. The van der Waals surface area contributed by atoms with Crippen LogP contribution in [0.2, 0.25) is 0 Å². The van der Waals surface area contributed by atoms with Gasteiger partial charge in [0, 0.05) is 25.4 Å². The Bertz CT molecular complexity index is 640. The van der Waals surface area contributed by atoms with Gasteiger partial charge in [0.2, 0.25) is 11.8 Å². The van der Waals surface area contributed by atoms with Crippen molar-refractivity contribution in [3.8, 4) is 0 Å². The molecule has 0 bridgehead atoms. The highest BCUT2D eigenvalue weighted by Crippen LogP contribution is 2.27. The van der Waals surface area contributed by atoms with Gasteiger partial charge in [0.25, 0.3) is 0 Å². The molecule has 0 radical (unpaired) electrons. The number of nitrogens with zero attached hydrogens (tertiary/aromatic N) is 1. The van der Waals surface area contributed by atoms with Gasteiger partial charge in [0.05, 0.1) is 6.54 Å². The Kier molecular flexibility index (Phi) is 4.53. The van der Waals surface area contributed by atoms with Gasteiger partial charge in [-0.1, -0.05) is 30.3 Å². The number of benzene rings is 1. The van der Waals surface area contributed by atoms with E-state index >= 15 is 0 Å². The SMILES string of the molecule is O=C(CN1CC(c2ccccc2)CC1=O)NCc1ccsc1. The van der Waals surface area contributed by atoms with E-state index in [9.17, 15) is 9.59 Å². The van der Waals surface area contributed by atoms with Crippen LogP contribution in [-0.2, 0) is 16.1 Å². The average Bonchev–Trinajstić information content (AvgIpc) is 3.17. The first kappa shape index (κ1) is 14.8. The third-order valence-electron chi connectivity index (χ3n) is 3.89. The van der Waals surface area contributed by atoms with E-state index in [4.69, 9.17) is 0 Å². The van der Waals surface area contributed by atoms with Crippen LogP contribution in [-0.4, -0.2) is 29.8 Å². The van der Waals surface area contributed by atoms with Crippen molar-refractivity contribution in [3.63, 3.8) is 0 Å². The molecule has 2 heterocycles. The molecule has 1 fully saturated rings. The first-order chi connectivity index (χ1) is 10.7. The molecule has 1 aromatic heterocycles. The monoisotopic (exact) mass is 314 g/mol. The van der Waals surface area contributed by atoms with E-state index in [-0.39, 0.29) is 24.3 Å². The van der Waals surface area contributed by atoms with Gasteiger partial charge < -0.3 is 10.2 Å². The van der Waals surface area contributed by atoms with Gasteiger partial charge in [-0.25, -0.2) is 0 Å². The number of likely N-dealkylation sites (tertiary alicyclic amines) is 1. The van der Waals surface area contributed by atoms with Crippen LogP contribution < -0.4 is 5.32 Å². The lowest BCUT2D eigenvalue weighted by atomic mass is 9.99. The molecule has 3 rings (SSSR count). The lowest BCUT2D eigenvalue weighted by molar-refractivity contribution is -0.133. The molecule has 1 N–H and O–H groups in total. The fourth-order valence-corrected chi connectivity index (χ4v) is 3.37. The van der Waals surface area contributed by atoms with Crippen LogP contribution in [0.3, 0.4) is 0 Å². The van der Waals surface area contributed by atoms with Crippen LogP contribution in [0, 0.1) is 0 Å². The minimum absolute atomic E-state index is 0.0551. The second-order valence-electron chi connectivity index (χ2n) is 5.49. The maximum absolute atomic E-state index is 12.1. The highest BCUT2D eigenvalue weighted by molar-refractivity contribution is 7.07. The second-order valence-corrected chi connectivity index (χ2v) is 6.27. The highest BCUT2D eigenvalue weighted by Gasteiger charge is 2.31. The maximum Gasteiger partial charge on any atom is 0.239 e. The van der Waals surface area contributed by atoms with E-state index < -0.39 is 0 Å². The molecule has 0 saturated carbocycles. The third-order valence-corrected chi connectivity index (χ3v) is 4.62. The molecule has 0 aliphatic carbocycles. The summed E-state index contributed by atoms with van der Waals surface area (Å²) in [6.45, 7) is 1.29. The predicted molar refractivity (Wildman–Crippen MR) is 86.5 cm³/mol. The van der Waals surface area contributed by atoms with E-state index in [0.29, 0.717) is 19.5 Å². The van der Waals surface area contributed by atoms with Crippen molar-refractivity contribution in [1.82, 2.24) is 10.2 Å². The maximum atomic E-state index is 12.1. The largest absolute Gasteiger partial charge is 0.350 e. The molecular formula is C17H18N2O2S. The number of rotatable bonds is 5. The Morgan fingerprint density at radius 3 is 2.82 bits per heavy atom. The normalized spacial score (nSPS) is 17.7. The highest BCUT2D eigenvalue weighted by atomic mass is 32.1. The molecule has 4 nitrogen and oxygen atoms in total. The minimum Gasteiger partial charge on any atom is -0.350 e. The van der Waals surface area contributed by atoms with Crippen molar-refractivity contribution >= 4 is 23.2 Å². The minimum atomic E-state index is -0.103. The number of hydrogen-bond donors (Lipinski definition) is 1. The smallest absolute Gasteiger partial charge is 0.239 e. The summed E-state index contributed by atoms with van der Waals surface area (Å²) in [7, 11) is 0.